The van der Waals surface area contributed by atoms with Gasteiger partial charge in [-0.05, 0) is 38.0 Å². The Balaban J connectivity index is 0.00000361. The Morgan fingerprint density at radius 3 is 2.30 bits per heavy atom. The number of anilines is 2. The van der Waals surface area contributed by atoms with E-state index in [9.17, 15) is 8.42 Å². The Kier molecular flexibility index (Phi) is 7.93. The molecule has 1 aromatic rings. The molecule has 0 aliphatic rings. The van der Waals surface area contributed by atoms with E-state index in [0.717, 1.165) is 36.3 Å². The van der Waals surface area contributed by atoms with Crippen LogP contribution >= 0.6 is 12.4 Å². The molecule has 116 valence electrons. The van der Waals surface area contributed by atoms with E-state index in [1.54, 1.807) is 0 Å². The van der Waals surface area contributed by atoms with Gasteiger partial charge in [-0.3, -0.25) is 0 Å². The molecule has 0 heterocycles. The molecule has 20 heavy (non-hydrogen) atoms. The van der Waals surface area contributed by atoms with Gasteiger partial charge in [-0.15, -0.1) is 12.4 Å². The summed E-state index contributed by atoms with van der Waals surface area (Å²) in [4.78, 5) is 2.19. The van der Waals surface area contributed by atoms with Crippen molar-refractivity contribution in [3.8, 4) is 0 Å². The van der Waals surface area contributed by atoms with E-state index in [-0.39, 0.29) is 12.4 Å². The number of hydrogen-bond acceptors (Lipinski definition) is 4. The van der Waals surface area contributed by atoms with Crippen LogP contribution in [0.5, 0.6) is 0 Å². The van der Waals surface area contributed by atoms with E-state index < -0.39 is 10.0 Å². The summed E-state index contributed by atoms with van der Waals surface area (Å²) in [6, 6.07) is 5.91. The monoisotopic (exact) mass is 321 g/mol. The minimum absolute atomic E-state index is 0. The van der Waals surface area contributed by atoms with Crippen LogP contribution in [-0.2, 0) is 16.4 Å². The molecule has 0 aliphatic heterocycles. The van der Waals surface area contributed by atoms with Crippen LogP contribution < -0.4 is 15.4 Å². The van der Waals surface area contributed by atoms with Gasteiger partial charge >= 0.3 is 0 Å². The fourth-order valence-electron chi connectivity index (χ4n) is 1.99. The van der Waals surface area contributed by atoms with Crippen LogP contribution in [0.3, 0.4) is 0 Å². The lowest BCUT2D eigenvalue weighted by Gasteiger charge is -2.23. The number of sulfonamides is 1. The lowest BCUT2D eigenvalue weighted by molar-refractivity contribution is 0.588. The van der Waals surface area contributed by atoms with E-state index >= 15 is 0 Å². The largest absolute Gasteiger partial charge is 0.397 e. The highest BCUT2D eigenvalue weighted by atomic mass is 35.5. The van der Waals surface area contributed by atoms with Crippen LogP contribution in [0.4, 0.5) is 11.4 Å². The zero-order valence-electron chi connectivity index (χ0n) is 12.2. The first-order valence-electron chi connectivity index (χ1n) is 6.45. The molecule has 0 fully saturated rings. The number of benzene rings is 1. The van der Waals surface area contributed by atoms with Crippen molar-refractivity contribution in [2.75, 3.05) is 36.5 Å². The van der Waals surface area contributed by atoms with Crippen molar-refractivity contribution >= 4 is 33.8 Å². The van der Waals surface area contributed by atoms with Crippen LogP contribution in [0.1, 0.15) is 19.4 Å². The second-order valence-corrected chi connectivity index (χ2v) is 6.31. The third-order valence-electron chi connectivity index (χ3n) is 2.97. The Hall–Kier alpha value is -0.980. The average Bonchev–Trinajstić information content (AvgIpc) is 2.31. The van der Waals surface area contributed by atoms with E-state index in [1.165, 1.54) is 0 Å². The smallest absolute Gasteiger partial charge is 0.208 e. The third kappa shape index (κ3) is 5.98. The van der Waals surface area contributed by atoms with E-state index in [0.29, 0.717) is 13.0 Å². The Labute approximate surface area is 128 Å². The molecule has 0 bridgehead atoms. The molecule has 3 N–H and O–H groups in total. The first-order chi connectivity index (χ1) is 8.87. The molecule has 0 unspecified atom stereocenters. The maximum Gasteiger partial charge on any atom is 0.208 e. The molecule has 0 spiro atoms. The molecule has 0 saturated heterocycles. The molecule has 7 heteroatoms. The molecule has 0 aromatic heterocycles. The molecular weight excluding hydrogens is 298 g/mol. The highest BCUT2D eigenvalue weighted by Crippen LogP contribution is 2.24. The van der Waals surface area contributed by atoms with Gasteiger partial charge in [-0.1, -0.05) is 6.07 Å². The summed E-state index contributed by atoms with van der Waals surface area (Å²) in [5.74, 6) is 0. The number of rotatable bonds is 7. The molecule has 0 radical (unpaired) electrons. The lowest BCUT2D eigenvalue weighted by atomic mass is 10.1. The number of nitrogens with zero attached hydrogens (tertiary/aromatic N) is 1. The Morgan fingerprint density at radius 1 is 1.25 bits per heavy atom. The van der Waals surface area contributed by atoms with E-state index in [4.69, 9.17) is 5.73 Å². The number of nitrogens with one attached hydrogen (secondary N) is 1. The Morgan fingerprint density at radius 2 is 1.85 bits per heavy atom. The number of nitrogen functional groups attached to an aromatic ring is 1. The molecule has 1 rings (SSSR count). The van der Waals surface area contributed by atoms with E-state index in [1.807, 2.05) is 18.2 Å². The number of halogens is 1. The van der Waals surface area contributed by atoms with Crippen molar-refractivity contribution in [3.05, 3.63) is 23.8 Å². The number of hydrogen-bond donors (Lipinski definition) is 2. The van der Waals surface area contributed by atoms with Crippen molar-refractivity contribution < 1.29 is 8.42 Å². The van der Waals surface area contributed by atoms with Gasteiger partial charge in [0.05, 0.1) is 17.6 Å². The van der Waals surface area contributed by atoms with Crippen molar-refractivity contribution in [1.82, 2.24) is 4.72 Å². The topological polar surface area (TPSA) is 75.4 Å². The second-order valence-electron chi connectivity index (χ2n) is 4.48. The summed E-state index contributed by atoms with van der Waals surface area (Å²) in [5, 5.41) is 0. The minimum atomic E-state index is -3.12. The molecular formula is C13H24ClN3O2S. The average molecular weight is 322 g/mol. The van der Waals surface area contributed by atoms with Crippen LogP contribution in [0.15, 0.2) is 18.2 Å². The number of nitrogens with two attached hydrogens (primary N) is 1. The fourth-order valence-corrected chi connectivity index (χ4v) is 2.47. The van der Waals surface area contributed by atoms with Gasteiger partial charge in [0.1, 0.15) is 0 Å². The van der Waals surface area contributed by atoms with Crippen molar-refractivity contribution in [2.24, 2.45) is 0 Å². The first-order valence-corrected chi connectivity index (χ1v) is 8.34. The lowest BCUT2D eigenvalue weighted by Crippen LogP contribution is -2.24. The van der Waals surface area contributed by atoms with Gasteiger partial charge in [-0.2, -0.15) is 0 Å². The van der Waals surface area contributed by atoms with Gasteiger partial charge in [0.2, 0.25) is 10.0 Å². The van der Waals surface area contributed by atoms with Gasteiger partial charge in [-0.25, -0.2) is 13.1 Å². The normalized spacial score (nSPS) is 10.9. The SMILES string of the molecule is CCN(CC)c1ccc(CCNS(C)(=O)=O)cc1N.Cl. The highest BCUT2D eigenvalue weighted by Gasteiger charge is 2.07. The third-order valence-corrected chi connectivity index (χ3v) is 3.70. The van der Waals surface area contributed by atoms with Gasteiger partial charge in [0.25, 0.3) is 0 Å². The fraction of sp³-hybridized carbons (Fsp3) is 0.538. The molecule has 0 aliphatic carbocycles. The standard InChI is InChI=1S/C13H23N3O2S.ClH/c1-4-16(5-2)13-7-6-11(10-12(13)14)8-9-15-19(3,17)18;/h6-7,10,15H,4-5,8-9,14H2,1-3H3;1H. The van der Waals surface area contributed by atoms with Gasteiger partial charge < -0.3 is 10.6 Å². The molecule has 0 amide bonds. The molecule has 1 aromatic carbocycles. The molecule has 0 atom stereocenters. The maximum atomic E-state index is 11.0. The summed E-state index contributed by atoms with van der Waals surface area (Å²) in [6.07, 6.45) is 1.79. The van der Waals surface area contributed by atoms with Crippen molar-refractivity contribution in [3.63, 3.8) is 0 Å². The summed E-state index contributed by atoms with van der Waals surface area (Å²) >= 11 is 0. The van der Waals surface area contributed by atoms with Crippen LogP contribution in [0.25, 0.3) is 0 Å². The van der Waals surface area contributed by atoms with Crippen molar-refractivity contribution in [1.29, 1.82) is 0 Å². The van der Waals surface area contributed by atoms with Crippen molar-refractivity contribution in [2.45, 2.75) is 20.3 Å². The van der Waals surface area contributed by atoms with Gasteiger partial charge in [0.15, 0.2) is 0 Å². The van der Waals surface area contributed by atoms with Crippen LogP contribution in [-0.4, -0.2) is 34.3 Å². The van der Waals surface area contributed by atoms with Crippen LogP contribution in [0.2, 0.25) is 0 Å². The summed E-state index contributed by atoms with van der Waals surface area (Å²) in [5.41, 5.74) is 8.85. The van der Waals surface area contributed by atoms with Crippen LogP contribution in [0, 0.1) is 0 Å². The first kappa shape index (κ1) is 19.0. The quantitative estimate of drug-likeness (QED) is 0.748. The molecule has 0 saturated carbocycles. The predicted octanol–water partition coefficient (Wildman–Crippen LogP) is 1.63. The summed E-state index contributed by atoms with van der Waals surface area (Å²) in [6.45, 7) is 6.40. The Bertz CT molecular complexity index is 516. The zero-order valence-corrected chi connectivity index (χ0v) is 13.9. The zero-order chi connectivity index (χ0) is 14.5. The van der Waals surface area contributed by atoms with E-state index in [2.05, 4.69) is 23.5 Å². The molecule has 5 nitrogen and oxygen atoms in total. The second kappa shape index (κ2) is 8.34. The maximum absolute atomic E-state index is 11.0. The van der Waals surface area contributed by atoms with Gasteiger partial charge in [0, 0.05) is 19.6 Å². The highest BCUT2D eigenvalue weighted by molar-refractivity contribution is 7.88. The summed E-state index contributed by atoms with van der Waals surface area (Å²) < 4.78 is 24.4. The summed E-state index contributed by atoms with van der Waals surface area (Å²) in [7, 11) is -3.12. The predicted molar refractivity (Wildman–Crippen MR) is 88.2 cm³/mol. The minimum Gasteiger partial charge on any atom is -0.397 e.